The number of alkyl halides is 1. The van der Waals surface area contributed by atoms with Crippen LogP contribution in [0.5, 0.6) is 0 Å². The SMILES string of the molecule is NCCc1cc2ccc(CBr)cc2[nH]1. The number of halogens is 1. The Morgan fingerprint density at radius 2 is 2.14 bits per heavy atom. The van der Waals surface area contributed by atoms with E-state index in [1.807, 2.05) is 0 Å². The lowest BCUT2D eigenvalue weighted by atomic mass is 10.2. The van der Waals surface area contributed by atoms with Crippen LogP contribution >= 0.6 is 15.9 Å². The lowest BCUT2D eigenvalue weighted by Crippen LogP contribution is -2.02. The van der Waals surface area contributed by atoms with Crippen LogP contribution in [0.3, 0.4) is 0 Å². The highest BCUT2D eigenvalue weighted by atomic mass is 79.9. The number of aromatic amines is 1. The van der Waals surface area contributed by atoms with Gasteiger partial charge in [0.25, 0.3) is 0 Å². The number of nitrogens with one attached hydrogen (secondary N) is 1. The van der Waals surface area contributed by atoms with Crippen molar-refractivity contribution in [3.8, 4) is 0 Å². The van der Waals surface area contributed by atoms with Crippen molar-refractivity contribution in [3.05, 3.63) is 35.5 Å². The van der Waals surface area contributed by atoms with Crippen LogP contribution in [-0.4, -0.2) is 11.5 Å². The molecule has 74 valence electrons. The van der Waals surface area contributed by atoms with Crippen LogP contribution in [0.2, 0.25) is 0 Å². The van der Waals surface area contributed by atoms with Crippen LogP contribution in [0.25, 0.3) is 10.9 Å². The summed E-state index contributed by atoms with van der Waals surface area (Å²) in [6, 6.07) is 8.61. The van der Waals surface area contributed by atoms with Gasteiger partial charge in [-0.3, -0.25) is 0 Å². The Morgan fingerprint density at radius 1 is 1.29 bits per heavy atom. The second-order valence-corrected chi connectivity index (χ2v) is 3.95. The number of hydrogen-bond acceptors (Lipinski definition) is 1. The van der Waals surface area contributed by atoms with Crippen molar-refractivity contribution in [2.24, 2.45) is 5.73 Å². The highest BCUT2D eigenvalue weighted by Gasteiger charge is 2.00. The quantitative estimate of drug-likeness (QED) is 0.811. The third-order valence-corrected chi connectivity index (χ3v) is 2.96. The maximum absolute atomic E-state index is 5.51. The van der Waals surface area contributed by atoms with Gasteiger partial charge in [0.1, 0.15) is 0 Å². The van der Waals surface area contributed by atoms with Crippen LogP contribution in [0.1, 0.15) is 11.3 Å². The normalized spacial score (nSPS) is 11.0. The first-order valence-electron chi connectivity index (χ1n) is 4.70. The van der Waals surface area contributed by atoms with Gasteiger partial charge in [-0.15, -0.1) is 0 Å². The first kappa shape index (κ1) is 9.74. The number of nitrogens with two attached hydrogens (primary N) is 1. The Balaban J connectivity index is 2.43. The standard InChI is InChI=1S/C11H13BrN2/c12-7-8-1-2-9-6-10(3-4-13)14-11(9)5-8/h1-2,5-6,14H,3-4,7,13H2. The van der Waals surface area contributed by atoms with Gasteiger partial charge in [0.2, 0.25) is 0 Å². The molecule has 2 nitrogen and oxygen atoms in total. The Bertz CT molecular complexity index is 434. The number of rotatable bonds is 3. The molecule has 3 heteroatoms. The highest BCUT2D eigenvalue weighted by Crippen LogP contribution is 2.18. The third kappa shape index (κ3) is 1.83. The molecule has 0 aliphatic rings. The molecule has 3 N–H and O–H groups in total. The molecule has 0 spiro atoms. The lowest BCUT2D eigenvalue weighted by Gasteiger charge is -1.94. The fraction of sp³-hybridized carbons (Fsp3) is 0.273. The van der Waals surface area contributed by atoms with E-state index in [0.717, 1.165) is 11.8 Å². The van der Waals surface area contributed by atoms with Gasteiger partial charge in [0, 0.05) is 16.5 Å². The molecule has 2 rings (SSSR count). The van der Waals surface area contributed by atoms with Gasteiger partial charge in [-0.05, 0) is 36.0 Å². The summed E-state index contributed by atoms with van der Waals surface area (Å²) < 4.78 is 0. The number of benzene rings is 1. The molecule has 0 atom stereocenters. The molecule has 14 heavy (non-hydrogen) atoms. The summed E-state index contributed by atoms with van der Waals surface area (Å²) in [4.78, 5) is 3.37. The van der Waals surface area contributed by atoms with Crippen molar-refractivity contribution >= 4 is 26.8 Å². The van der Waals surface area contributed by atoms with E-state index in [9.17, 15) is 0 Å². The predicted molar refractivity (Wildman–Crippen MR) is 63.7 cm³/mol. The van der Waals surface area contributed by atoms with Crippen molar-refractivity contribution in [2.45, 2.75) is 11.8 Å². The number of aromatic nitrogens is 1. The van der Waals surface area contributed by atoms with E-state index >= 15 is 0 Å². The van der Waals surface area contributed by atoms with Crippen LogP contribution in [0, 0.1) is 0 Å². The molecule has 0 unspecified atom stereocenters. The minimum atomic E-state index is 0.693. The topological polar surface area (TPSA) is 41.8 Å². The van der Waals surface area contributed by atoms with Crippen molar-refractivity contribution < 1.29 is 0 Å². The van der Waals surface area contributed by atoms with Crippen molar-refractivity contribution in [1.82, 2.24) is 4.98 Å². The van der Waals surface area contributed by atoms with E-state index in [1.165, 1.54) is 22.2 Å². The Kier molecular flexibility index (Phi) is 2.89. The highest BCUT2D eigenvalue weighted by molar-refractivity contribution is 9.08. The van der Waals surface area contributed by atoms with Crippen LogP contribution < -0.4 is 5.73 Å². The maximum atomic E-state index is 5.51. The minimum absolute atomic E-state index is 0.693. The summed E-state index contributed by atoms with van der Waals surface area (Å²) in [6.45, 7) is 0.693. The van der Waals surface area contributed by atoms with Crippen molar-refractivity contribution in [3.63, 3.8) is 0 Å². The lowest BCUT2D eigenvalue weighted by molar-refractivity contribution is 0.939. The molecular weight excluding hydrogens is 240 g/mol. The largest absolute Gasteiger partial charge is 0.358 e. The van der Waals surface area contributed by atoms with Crippen LogP contribution in [0.4, 0.5) is 0 Å². The van der Waals surface area contributed by atoms with Crippen LogP contribution in [0.15, 0.2) is 24.3 Å². The summed E-state index contributed by atoms with van der Waals surface area (Å²) >= 11 is 3.45. The molecule has 1 aromatic heterocycles. The maximum Gasteiger partial charge on any atom is 0.0459 e. The van der Waals surface area contributed by atoms with E-state index < -0.39 is 0 Å². The summed E-state index contributed by atoms with van der Waals surface area (Å²) in [5, 5.41) is 2.16. The number of H-pyrrole nitrogens is 1. The molecule has 0 fully saturated rings. The molecule has 1 heterocycles. The van der Waals surface area contributed by atoms with Gasteiger partial charge >= 0.3 is 0 Å². The van der Waals surface area contributed by atoms with Gasteiger partial charge < -0.3 is 10.7 Å². The first-order chi connectivity index (χ1) is 6.83. The zero-order valence-electron chi connectivity index (χ0n) is 7.89. The van der Waals surface area contributed by atoms with Crippen LogP contribution in [-0.2, 0) is 11.8 Å². The number of fused-ring (bicyclic) bond motifs is 1. The van der Waals surface area contributed by atoms with E-state index in [-0.39, 0.29) is 0 Å². The minimum Gasteiger partial charge on any atom is -0.358 e. The Labute approximate surface area is 91.6 Å². The molecule has 0 aliphatic carbocycles. The smallest absolute Gasteiger partial charge is 0.0459 e. The molecule has 0 bridgehead atoms. The van der Waals surface area contributed by atoms with Crippen molar-refractivity contribution in [1.29, 1.82) is 0 Å². The zero-order valence-corrected chi connectivity index (χ0v) is 9.47. The molecule has 0 saturated heterocycles. The second-order valence-electron chi connectivity index (χ2n) is 3.39. The molecule has 0 saturated carbocycles. The van der Waals surface area contributed by atoms with Crippen molar-refractivity contribution in [2.75, 3.05) is 6.54 Å². The average molecular weight is 253 g/mol. The summed E-state index contributed by atoms with van der Waals surface area (Å²) in [7, 11) is 0. The molecule has 0 amide bonds. The van der Waals surface area contributed by atoms with Gasteiger partial charge in [0.15, 0.2) is 0 Å². The monoisotopic (exact) mass is 252 g/mol. The van der Waals surface area contributed by atoms with Gasteiger partial charge in [-0.2, -0.15) is 0 Å². The molecule has 1 aromatic carbocycles. The zero-order chi connectivity index (χ0) is 9.97. The third-order valence-electron chi connectivity index (χ3n) is 2.31. The summed E-state index contributed by atoms with van der Waals surface area (Å²) in [5.41, 5.74) is 9.22. The van der Waals surface area contributed by atoms with E-state index in [1.54, 1.807) is 0 Å². The first-order valence-corrected chi connectivity index (χ1v) is 5.82. The van der Waals surface area contributed by atoms with Gasteiger partial charge in [-0.1, -0.05) is 28.1 Å². The summed E-state index contributed by atoms with van der Waals surface area (Å²) in [6.07, 6.45) is 0.915. The Morgan fingerprint density at radius 3 is 2.86 bits per heavy atom. The fourth-order valence-electron chi connectivity index (χ4n) is 1.61. The van der Waals surface area contributed by atoms with E-state index in [4.69, 9.17) is 5.73 Å². The average Bonchev–Trinajstić information content (AvgIpc) is 2.59. The Hall–Kier alpha value is -0.800. The van der Waals surface area contributed by atoms with E-state index in [2.05, 4.69) is 45.2 Å². The summed E-state index contributed by atoms with van der Waals surface area (Å²) in [5.74, 6) is 0. The molecule has 2 aromatic rings. The fourth-order valence-corrected chi connectivity index (χ4v) is 1.96. The number of hydrogen-bond donors (Lipinski definition) is 2. The van der Waals surface area contributed by atoms with E-state index in [0.29, 0.717) is 6.54 Å². The second kappa shape index (κ2) is 4.15. The predicted octanol–water partition coefficient (Wildman–Crippen LogP) is 2.56. The molecule has 0 radical (unpaired) electrons. The molecular formula is C11H13BrN2. The van der Waals surface area contributed by atoms with Gasteiger partial charge in [-0.25, -0.2) is 0 Å². The van der Waals surface area contributed by atoms with Gasteiger partial charge in [0.05, 0.1) is 0 Å². The molecule has 0 aliphatic heterocycles.